The fraction of sp³-hybridized carbons (Fsp3) is 0.0952. The van der Waals surface area contributed by atoms with E-state index in [4.69, 9.17) is 0 Å². The van der Waals surface area contributed by atoms with Crippen LogP contribution in [0.15, 0.2) is 84.9 Å². The molecule has 25 heavy (non-hydrogen) atoms. The van der Waals surface area contributed by atoms with Crippen LogP contribution in [-0.4, -0.2) is 12.0 Å². The quantitative estimate of drug-likeness (QED) is 0.445. The number of ketones is 1. The first-order chi connectivity index (χ1) is 12.0. The molecule has 126 valence electrons. The Bertz CT molecular complexity index is 798. The minimum Gasteiger partial charge on any atom is -0.284 e. The van der Waals surface area contributed by atoms with Gasteiger partial charge in [0.05, 0.1) is 0 Å². The van der Waals surface area contributed by atoms with E-state index in [9.17, 15) is 18.0 Å². The van der Waals surface area contributed by atoms with Gasteiger partial charge in [0, 0.05) is 11.5 Å². The van der Waals surface area contributed by atoms with Crippen LogP contribution in [0.2, 0.25) is 0 Å². The van der Waals surface area contributed by atoms with E-state index < -0.39 is 12.0 Å². The topological polar surface area (TPSA) is 17.1 Å². The number of carbonyl (C=O) groups excluding carboxylic acids is 1. The van der Waals surface area contributed by atoms with Crippen molar-refractivity contribution < 1.29 is 18.0 Å². The van der Waals surface area contributed by atoms with E-state index in [0.29, 0.717) is 0 Å². The predicted molar refractivity (Wildman–Crippen MR) is 90.7 cm³/mol. The van der Waals surface area contributed by atoms with Crippen LogP contribution in [0.5, 0.6) is 0 Å². The molecule has 1 nitrogen and oxygen atoms in total. The monoisotopic (exact) mass is 340 g/mol. The zero-order valence-corrected chi connectivity index (χ0v) is 13.2. The van der Waals surface area contributed by atoms with Crippen LogP contribution in [0.25, 0.3) is 0 Å². The molecule has 0 aliphatic carbocycles. The lowest BCUT2D eigenvalue weighted by Gasteiger charge is -2.19. The summed E-state index contributed by atoms with van der Waals surface area (Å²) in [6.07, 6.45) is -4.86. The van der Waals surface area contributed by atoms with Crippen molar-refractivity contribution in [2.24, 2.45) is 0 Å². The molecule has 0 unspecified atom stereocenters. The highest BCUT2D eigenvalue weighted by Crippen LogP contribution is 2.32. The highest BCUT2D eigenvalue weighted by atomic mass is 19.4. The van der Waals surface area contributed by atoms with Crippen molar-refractivity contribution in [1.29, 1.82) is 0 Å². The van der Waals surface area contributed by atoms with Crippen LogP contribution in [0.4, 0.5) is 13.2 Å². The number of carbonyl (C=O) groups is 1. The molecule has 3 rings (SSSR count). The fourth-order valence-electron chi connectivity index (χ4n) is 2.86. The number of halogens is 3. The average molecular weight is 340 g/mol. The average Bonchev–Trinajstić information content (AvgIpc) is 2.63. The SMILES string of the molecule is O=C(c1ccc(C(c2ccccc2)c2ccccc2)cc1)C(F)(F)F. The molecule has 0 fully saturated rings. The summed E-state index contributed by atoms with van der Waals surface area (Å²) in [5.41, 5.74) is 2.54. The Labute approximate surface area is 143 Å². The molecule has 0 heterocycles. The zero-order valence-electron chi connectivity index (χ0n) is 13.2. The molecule has 4 heteroatoms. The van der Waals surface area contributed by atoms with Gasteiger partial charge in [-0.3, -0.25) is 4.79 Å². The molecule has 3 aromatic carbocycles. The summed E-state index contributed by atoms with van der Waals surface area (Å²) in [5.74, 6) is -1.94. The van der Waals surface area contributed by atoms with Crippen molar-refractivity contribution in [3.05, 3.63) is 107 Å². The Morgan fingerprint density at radius 1 is 0.640 bits per heavy atom. The van der Waals surface area contributed by atoms with E-state index in [1.54, 1.807) is 12.1 Å². The smallest absolute Gasteiger partial charge is 0.284 e. The van der Waals surface area contributed by atoms with Gasteiger partial charge in [0.25, 0.3) is 5.78 Å². The van der Waals surface area contributed by atoms with Gasteiger partial charge in [0.2, 0.25) is 0 Å². The Kier molecular flexibility index (Phi) is 4.70. The lowest BCUT2D eigenvalue weighted by Crippen LogP contribution is -2.22. The standard InChI is InChI=1S/C21H15F3O/c22-21(23,24)20(25)18-13-11-17(12-14-18)19(15-7-3-1-4-8-15)16-9-5-2-6-10-16/h1-14,19H. The van der Waals surface area contributed by atoms with Gasteiger partial charge in [0.15, 0.2) is 0 Å². The summed E-state index contributed by atoms with van der Waals surface area (Å²) in [6.45, 7) is 0. The molecule has 0 radical (unpaired) electrons. The van der Waals surface area contributed by atoms with E-state index in [0.717, 1.165) is 16.7 Å². The third-order valence-electron chi connectivity index (χ3n) is 4.03. The highest BCUT2D eigenvalue weighted by molar-refractivity contribution is 6.00. The maximum atomic E-state index is 12.6. The van der Waals surface area contributed by atoms with Gasteiger partial charge in [-0.2, -0.15) is 13.2 Å². The summed E-state index contributed by atoms with van der Waals surface area (Å²) in [7, 11) is 0. The Hall–Kier alpha value is -2.88. The minimum atomic E-state index is -4.86. The molecular formula is C21H15F3O. The van der Waals surface area contributed by atoms with Crippen LogP contribution in [0.3, 0.4) is 0 Å². The Morgan fingerprint density at radius 2 is 1.04 bits per heavy atom. The Morgan fingerprint density at radius 3 is 1.44 bits per heavy atom. The molecule has 0 aliphatic rings. The van der Waals surface area contributed by atoms with E-state index in [1.807, 2.05) is 60.7 Å². The molecule has 0 amide bonds. The summed E-state index contributed by atoms with van der Waals surface area (Å²) < 4.78 is 37.7. The summed E-state index contributed by atoms with van der Waals surface area (Å²) in [4.78, 5) is 11.4. The summed E-state index contributed by atoms with van der Waals surface area (Å²) >= 11 is 0. The van der Waals surface area contributed by atoms with Gasteiger partial charge in [-0.25, -0.2) is 0 Å². The second kappa shape index (κ2) is 6.93. The number of Topliss-reactive ketones (excluding diaryl/α,β-unsaturated/α-hetero) is 1. The molecule has 0 aromatic heterocycles. The first-order valence-electron chi connectivity index (χ1n) is 7.78. The minimum absolute atomic E-state index is 0.113. The number of alkyl halides is 3. The first kappa shape index (κ1) is 17.0. The number of hydrogen-bond donors (Lipinski definition) is 0. The van der Waals surface area contributed by atoms with Crippen molar-refractivity contribution in [2.45, 2.75) is 12.1 Å². The molecule has 0 saturated carbocycles. The lowest BCUT2D eigenvalue weighted by molar-refractivity contribution is -0.0885. The molecular weight excluding hydrogens is 325 g/mol. The molecule has 0 spiro atoms. The maximum absolute atomic E-state index is 12.6. The van der Waals surface area contributed by atoms with Gasteiger partial charge in [0.1, 0.15) is 0 Å². The van der Waals surface area contributed by atoms with Gasteiger partial charge >= 0.3 is 6.18 Å². The molecule has 0 saturated heterocycles. The molecule has 0 bridgehead atoms. The second-order valence-electron chi connectivity index (χ2n) is 5.70. The van der Waals surface area contributed by atoms with E-state index in [1.165, 1.54) is 12.1 Å². The molecule has 3 aromatic rings. The van der Waals surface area contributed by atoms with Crippen molar-refractivity contribution in [3.63, 3.8) is 0 Å². The normalized spacial score (nSPS) is 11.5. The molecule has 0 N–H and O–H groups in total. The van der Waals surface area contributed by atoms with Crippen molar-refractivity contribution in [2.75, 3.05) is 0 Å². The van der Waals surface area contributed by atoms with Crippen molar-refractivity contribution >= 4 is 5.78 Å². The van der Waals surface area contributed by atoms with Crippen LogP contribution >= 0.6 is 0 Å². The largest absolute Gasteiger partial charge is 0.454 e. The number of hydrogen-bond acceptors (Lipinski definition) is 1. The second-order valence-corrected chi connectivity index (χ2v) is 5.70. The molecule has 0 atom stereocenters. The summed E-state index contributed by atoms with van der Waals surface area (Å²) in [6, 6.07) is 25.1. The van der Waals surface area contributed by atoms with Gasteiger partial charge in [-0.05, 0) is 16.7 Å². The van der Waals surface area contributed by atoms with Gasteiger partial charge in [-0.1, -0.05) is 84.9 Å². The van der Waals surface area contributed by atoms with E-state index in [-0.39, 0.29) is 11.5 Å². The van der Waals surface area contributed by atoms with Crippen molar-refractivity contribution in [1.82, 2.24) is 0 Å². The van der Waals surface area contributed by atoms with Gasteiger partial charge < -0.3 is 0 Å². The maximum Gasteiger partial charge on any atom is 0.454 e. The number of rotatable bonds is 4. The van der Waals surface area contributed by atoms with Crippen LogP contribution < -0.4 is 0 Å². The Balaban J connectivity index is 2.02. The zero-order chi connectivity index (χ0) is 17.9. The number of benzene rings is 3. The van der Waals surface area contributed by atoms with E-state index >= 15 is 0 Å². The van der Waals surface area contributed by atoms with Crippen LogP contribution in [-0.2, 0) is 0 Å². The van der Waals surface area contributed by atoms with E-state index in [2.05, 4.69) is 0 Å². The lowest BCUT2D eigenvalue weighted by atomic mass is 9.85. The highest BCUT2D eigenvalue weighted by Gasteiger charge is 2.39. The van der Waals surface area contributed by atoms with Crippen LogP contribution in [0.1, 0.15) is 33.0 Å². The third-order valence-corrected chi connectivity index (χ3v) is 4.03. The predicted octanol–water partition coefficient (Wildman–Crippen LogP) is 5.61. The third kappa shape index (κ3) is 3.79. The van der Waals surface area contributed by atoms with Gasteiger partial charge in [-0.15, -0.1) is 0 Å². The molecule has 0 aliphatic heterocycles. The fourth-order valence-corrected chi connectivity index (χ4v) is 2.86. The first-order valence-corrected chi connectivity index (χ1v) is 7.78. The van der Waals surface area contributed by atoms with Crippen molar-refractivity contribution in [3.8, 4) is 0 Å². The summed E-state index contributed by atoms with van der Waals surface area (Å²) in [5, 5.41) is 0. The van der Waals surface area contributed by atoms with Crippen LogP contribution in [0, 0.1) is 0 Å².